The molecule has 1 heterocycles. The van der Waals surface area contributed by atoms with Crippen LogP contribution < -0.4 is 15.5 Å². The second kappa shape index (κ2) is 10.8. The molecule has 0 atom stereocenters. The molecule has 0 spiro atoms. The van der Waals surface area contributed by atoms with Gasteiger partial charge in [-0.3, -0.25) is 14.9 Å². The van der Waals surface area contributed by atoms with Crippen LogP contribution in [-0.2, 0) is 0 Å². The Labute approximate surface area is 212 Å². The summed E-state index contributed by atoms with van der Waals surface area (Å²) in [5.41, 5.74) is 3.05. The van der Waals surface area contributed by atoms with Gasteiger partial charge in [-0.25, -0.2) is 0 Å². The first kappa shape index (κ1) is 23.2. The third kappa shape index (κ3) is 5.88. The highest BCUT2D eigenvalue weighted by atomic mass is 127. The molecule has 33 heavy (non-hydrogen) atoms. The van der Waals surface area contributed by atoms with Crippen molar-refractivity contribution in [3.63, 3.8) is 0 Å². The number of anilines is 2. The van der Waals surface area contributed by atoms with Gasteiger partial charge in [0.05, 0.1) is 11.4 Å². The summed E-state index contributed by atoms with van der Waals surface area (Å²) in [5.74, 6) is -0.199. The van der Waals surface area contributed by atoms with Crippen LogP contribution in [0.1, 0.15) is 20.7 Å². The summed E-state index contributed by atoms with van der Waals surface area (Å²) in [6.07, 6.45) is 0. The van der Waals surface area contributed by atoms with Gasteiger partial charge >= 0.3 is 0 Å². The van der Waals surface area contributed by atoms with Gasteiger partial charge in [0, 0.05) is 40.9 Å². The van der Waals surface area contributed by atoms with E-state index in [0.29, 0.717) is 37.3 Å². The summed E-state index contributed by atoms with van der Waals surface area (Å²) < 4.78 is 1.06. The minimum Gasteiger partial charge on any atom is -0.366 e. The van der Waals surface area contributed by atoms with Crippen molar-refractivity contribution in [2.24, 2.45) is 0 Å². The predicted molar refractivity (Wildman–Crippen MR) is 144 cm³/mol. The van der Waals surface area contributed by atoms with E-state index in [-0.39, 0.29) is 16.9 Å². The van der Waals surface area contributed by atoms with Crippen molar-refractivity contribution < 1.29 is 9.59 Å². The number of nitrogens with one attached hydrogen (secondary N) is 2. The lowest BCUT2D eigenvalue weighted by atomic mass is 10.1. The zero-order chi connectivity index (χ0) is 23.2. The number of amides is 2. The van der Waals surface area contributed by atoms with E-state index in [9.17, 15) is 9.59 Å². The van der Waals surface area contributed by atoms with Crippen LogP contribution in [0.15, 0.2) is 78.9 Å². The van der Waals surface area contributed by atoms with Crippen LogP contribution in [0.3, 0.4) is 0 Å². The number of piperazine rings is 1. The van der Waals surface area contributed by atoms with E-state index in [1.165, 1.54) is 0 Å². The molecule has 3 aromatic carbocycles. The summed E-state index contributed by atoms with van der Waals surface area (Å²) in [6.45, 7) is 2.68. The van der Waals surface area contributed by atoms with Crippen molar-refractivity contribution in [3.05, 3.63) is 93.6 Å². The van der Waals surface area contributed by atoms with Crippen molar-refractivity contribution in [1.82, 2.24) is 10.2 Å². The number of benzene rings is 3. The maximum atomic E-state index is 12.7. The fourth-order valence-electron chi connectivity index (χ4n) is 3.70. The molecule has 3 aromatic rings. The zero-order valence-corrected chi connectivity index (χ0v) is 20.8. The molecule has 2 amide bonds. The highest BCUT2D eigenvalue weighted by Crippen LogP contribution is 2.27. The van der Waals surface area contributed by atoms with Crippen molar-refractivity contribution in [2.45, 2.75) is 0 Å². The number of halogens is 1. The quantitative estimate of drug-likeness (QED) is 0.360. The van der Waals surface area contributed by atoms with E-state index in [1.54, 1.807) is 12.1 Å². The first-order valence-electron chi connectivity index (χ1n) is 10.6. The number of hydrogen-bond acceptors (Lipinski definition) is 4. The molecule has 0 aromatic heterocycles. The Kier molecular flexibility index (Phi) is 7.56. The molecule has 1 saturated heterocycles. The Bertz CT molecular complexity index is 1150. The van der Waals surface area contributed by atoms with Gasteiger partial charge in [-0.2, -0.15) is 0 Å². The molecule has 1 aliphatic rings. The number of rotatable bonds is 4. The lowest BCUT2D eigenvalue weighted by molar-refractivity contribution is 0.0746. The van der Waals surface area contributed by atoms with E-state index in [1.807, 2.05) is 71.6 Å². The van der Waals surface area contributed by atoms with Crippen LogP contribution in [0, 0.1) is 3.57 Å². The second-order valence-corrected chi connectivity index (χ2v) is 9.23. The smallest absolute Gasteiger partial charge is 0.257 e. The van der Waals surface area contributed by atoms with E-state index >= 15 is 0 Å². The molecule has 0 unspecified atom stereocenters. The average Bonchev–Trinajstić information content (AvgIpc) is 2.85. The zero-order valence-electron chi connectivity index (χ0n) is 17.8. The highest BCUT2D eigenvalue weighted by Gasteiger charge is 2.23. The molecule has 1 aliphatic heterocycles. The molecule has 6 nitrogen and oxygen atoms in total. The molecule has 0 radical (unpaired) electrons. The van der Waals surface area contributed by atoms with Crippen LogP contribution in [0.2, 0.25) is 0 Å². The first-order valence-corrected chi connectivity index (χ1v) is 12.1. The molecule has 4 rings (SSSR count). The summed E-state index contributed by atoms with van der Waals surface area (Å²) in [5, 5.41) is 6.14. The standard InChI is InChI=1S/C25H23IN4O2S/c26-20-12-10-18(11-13-20)23(31)28-25(33)27-21-8-4-5-9-22(21)29-14-16-30(17-15-29)24(32)19-6-2-1-3-7-19/h1-13H,14-17H2,(H2,27,28,31,33). The van der Waals surface area contributed by atoms with Crippen LogP contribution >= 0.6 is 34.8 Å². The normalized spacial score (nSPS) is 13.4. The third-order valence-corrected chi connectivity index (χ3v) is 6.34. The predicted octanol–water partition coefficient (Wildman–Crippen LogP) is 4.38. The molecule has 1 fully saturated rings. The monoisotopic (exact) mass is 570 g/mol. The maximum absolute atomic E-state index is 12.7. The number of carbonyl (C=O) groups excluding carboxylic acids is 2. The lowest BCUT2D eigenvalue weighted by Crippen LogP contribution is -2.49. The van der Waals surface area contributed by atoms with E-state index < -0.39 is 0 Å². The fraction of sp³-hybridized carbons (Fsp3) is 0.160. The number of para-hydroxylation sites is 2. The van der Waals surface area contributed by atoms with E-state index in [4.69, 9.17) is 12.2 Å². The SMILES string of the molecule is O=C(NC(=S)Nc1ccccc1N1CCN(C(=O)c2ccccc2)CC1)c1ccc(I)cc1. The van der Waals surface area contributed by atoms with Crippen molar-refractivity contribution >= 4 is 63.1 Å². The van der Waals surface area contributed by atoms with E-state index in [2.05, 4.69) is 38.1 Å². The van der Waals surface area contributed by atoms with Gasteiger partial charge in [0.2, 0.25) is 0 Å². The Balaban J connectivity index is 1.37. The number of nitrogens with zero attached hydrogens (tertiary/aromatic N) is 2. The Hall–Kier alpha value is -2.98. The van der Waals surface area contributed by atoms with E-state index in [0.717, 1.165) is 14.9 Å². The Morgan fingerprint density at radius 3 is 2.12 bits per heavy atom. The molecule has 168 valence electrons. The molecule has 0 saturated carbocycles. The number of thiocarbonyl (C=S) groups is 1. The minimum absolute atomic E-state index is 0.0566. The number of carbonyl (C=O) groups is 2. The van der Waals surface area contributed by atoms with Crippen molar-refractivity contribution in [1.29, 1.82) is 0 Å². The van der Waals surface area contributed by atoms with Gasteiger partial charge in [-0.15, -0.1) is 0 Å². The molecule has 0 aliphatic carbocycles. The Morgan fingerprint density at radius 1 is 0.788 bits per heavy atom. The lowest BCUT2D eigenvalue weighted by Gasteiger charge is -2.37. The van der Waals surface area contributed by atoms with Gasteiger partial charge in [0.1, 0.15) is 0 Å². The van der Waals surface area contributed by atoms with Gasteiger partial charge < -0.3 is 15.1 Å². The Morgan fingerprint density at radius 2 is 1.42 bits per heavy atom. The highest BCUT2D eigenvalue weighted by molar-refractivity contribution is 14.1. The van der Waals surface area contributed by atoms with Gasteiger partial charge in [0.15, 0.2) is 5.11 Å². The number of hydrogen-bond donors (Lipinski definition) is 2. The fourth-order valence-corrected chi connectivity index (χ4v) is 4.26. The molecule has 2 N–H and O–H groups in total. The summed E-state index contributed by atoms with van der Waals surface area (Å²) in [7, 11) is 0. The van der Waals surface area contributed by atoms with Crippen LogP contribution in [0.4, 0.5) is 11.4 Å². The van der Waals surface area contributed by atoms with Crippen molar-refractivity contribution in [3.8, 4) is 0 Å². The summed E-state index contributed by atoms with van der Waals surface area (Å²) >= 11 is 7.59. The third-order valence-electron chi connectivity index (χ3n) is 5.41. The summed E-state index contributed by atoms with van der Waals surface area (Å²) in [6, 6.07) is 24.5. The largest absolute Gasteiger partial charge is 0.366 e. The van der Waals surface area contributed by atoms with Crippen LogP contribution in [0.5, 0.6) is 0 Å². The minimum atomic E-state index is -0.255. The van der Waals surface area contributed by atoms with Crippen molar-refractivity contribution in [2.75, 3.05) is 36.4 Å². The maximum Gasteiger partial charge on any atom is 0.257 e. The molecule has 8 heteroatoms. The van der Waals surface area contributed by atoms with Crippen LogP contribution in [-0.4, -0.2) is 48.0 Å². The molecule has 0 bridgehead atoms. The van der Waals surface area contributed by atoms with Gasteiger partial charge in [-0.1, -0.05) is 30.3 Å². The van der Waals surface area contributed by atoms with Crippen LogP contribution in [0.25, 0.3) is 0 Å². The molecular formula is C25H23IN4O2S. The molecular weight excluding hydrogens is 547 g/mol. The van der Waals surface area contributed by atoms with Gasteiger partial charge in [0.25, 0.3) is 11.8 Å². The summed E-state index contributed by atoms with van der Waals surface area (Å²) in [4.78, 5) is 29.3. The average molecular weight is 570 g/mol. The first-order chi connectivity index (χ1) is 16.0. The topological polar surface area (TPSA) is 64.7 Å². The van der Waals surface area contributed by atoms with Gasteiger partial charge in [-0.05, 0) is 83.3 Å². The second-order valence-electron chi connectivity index (χ2n) is 7.58.